The molecule has 0 N–H and O–H groups in total. The number of esters is 1. The highest BCUT2D eigenvalue weighted by Gasteiger charge is 2.22. The summed E-state index contributed by atoms with van der Waals surface area (Å²) in [7, 11) is 0. The van der Waals surface area contributed by atoms with Gasteiger partial charge in [0.2, 0.25) is 5.91 Å². The van der Waals surface area contributed by atoms with E-state index in [1.807, 2.05) is 6.92 Å². The number of hydrogen-bond donors (Lipinski definition) is 0. The van der Waals surface area contributed by atoms with Crippen LogP contribution in [0.25, 0.3) is 0 Å². The highest BCUT2D eigenvalue weighted by Crippen LogP contribution is 2.13. The third-order valence-corrected chi connectivity index (χ3v) is 3.55. The lowest BCUT2D eigenvalue weighted by Crippen LogP contribution is -2.38. The third kappa shape index (κ3) is 4.51. The van der Waals surface area contributed by atoms with Gasteiger partial charge in [-0.25, -0.2) is 0 Å². The Morgan fingerprint density at radius 1 is 1.40 bits per heavy atom. The molecule has 0 bridgehead atoms. The standard InChI is InChI=1S/C14H22N2O4/c1-11-8-12(20-15-11)10-19-14(18)9-16-7-5-3-2-4-6-13(16)17/h12H,2-10H2,1H3/t12-/m0/s1. The Kier molecular flexibility index (Phi) is 5.38. The van der Waals surface area contributed by atoms with E-state index in [-0.39, 0.29) is 31.1 Å². The number of nitrogens with zero attached hydrogens (tertiary/aromatic N) is 2. The number of hydrogen-bond acceptors (Lipinski definition) is 5. The summed E-state index contributed by atoms with van der Waals surface area (Å²) in [6.45, 7) is 2.77. The molecule has 0 aliphatic carbocycles. The molecule has 0 radical (unpaired) electrons. The zero-order valence-electron chi connectivity index (χ0n) is 12.0. The highest BCUT2D eigenvalue weighted by molar-refractivity contribution is 5.83. The van der Waals surface area contributed by atoms with Gasteiger partial charge >= 0.3 is 5.97 Å². The summed E-state index contributed by atoms with van der Waals surface area (Å²) in [5, 5.41) is 3.81. The predicted octanol–water partition coefficient (Wildman–Crippen LogP) is 1.49. The minimum Gasteiger partial charge on any atom is -0.460 e. The van der Waals surface area contributed by atoms with Crippen LogP contribution in [-0.4, -0.2) is 48.3 Å². The van der Waals surface area contributed by atoms with Gasteiger partial charge in [-0.1, -0.05) is 18.0 Å². The molecule has 6 nitrogen and oxygen atoms in total. The first-order valence-electron chi connectivity index (χ1n) is 7.28. The fraction of sp³-hybridized carbons (Fsp3) is 0.786. The van der Waals surface area contributed by atoms with Crippen LogP contribution < -0.4 is 0 Å². The van der Waals surface area contributed by atoms with Crippen molar-refractivity contribution in [1.82, 2.24) is 4.90 Å². The van der Waals surface area contributed by atoms with Crippen LogP contribution in [-0.2, 0) is 19.2 Å². The van der Waals surface area contributed by atoms with Crippen LogP contribution in [0.2, 0.25) is 0 Å². The van der Waals surface area contributed by atoms with Crippen molar-refractivity contribution in [3.63, 3.8) is 0 Å². The van der Waals surface area contributed by atoms with Crippen molar-refractivity contribution in [2.75, 3.05) is 19.7 Å². The van der Waals surface area contributed by atoms with Crippen molar-refractivity contribution in [3.05, 3.63) is 0 Å². The fourth-order valence-electron chi connectivity index (χ4n) is 2.43. The van der Waals surface area contributed by atoms with Gasteiger partial charge in [0.05, 0.1) is 5.71 Å². The van der Waals surface area contributed by atoms with Gasteiger partial charge in [-0.15, -0.1) is 0 Å². The van der Waals surface area contributed by atoms with E-state index in [0.29, 0.717) is 19.4 Å². The van der Waals surface area contributed by atoms with E-state index in [1.165, 1.54) is 0 Å². The molecule has 0 spiro atoms. The second kappa shape index (κ2) is 7.26. The summed E-state index contributed by atoms with van der Waals surface area (Å²) < 4.78 is 5.17. The van der Waals surface area contributed by atoms with Crippen LogP contribution in [0.4, 0.5) is 0 Å². The molecule has 2 aliphatic heterocycles. The smallest absolute Gasteiger partial charge is 0.325 e. The summed E-state index contributed by atoms with van der Waals surface area (Å²) in [4.78, 5) is 30.4. The molecule has 0 unspecified atom stereocenters. The van der Waals surface area contributed by atoms with E-state index in [4.69, 9.17) is 9.57 Å². The molecule has 112 valence electrons. The molecule has 1 atom stereocenters. The number of amides is 1. The fourth-order valence-corrected chi connectivity index (χ4v) is 2.43. The van der Waals surface area contributed by atoms with Gasteiger partial charge in [0.1, 0.15) is 13.2 Å². The number of rotatable bonds is 4. The minimum atomic E-state index is -0.368. The van der Waals surface area contributed by atoms with Crippen molar-refractivity contribution >= 4 is 17.6 Å². The number of likely N-dealkylation sites (tertiary alicyclic amines) is 1. The second-order valence-electron chi connectivity index (χ2n) is 5.42. The molecule has 0 aromatic carbocycles. The summed E-state index contributed by atoms with van der Waals surface area (Å²) >= 11 is 0. The lowest BCUT2D eigenvalue weighted by atomic mass is 10.1. The van der Waals surface area contributed by atoms with E-state index in [9.17, 15) is 9.59 Å². The topological polar surface area (TPSA) is 68.2 Å². The summed E-state index contributed by atoms with van der Waals surface area (Å²) in [6, 6.07) is 0. The van der Waals surface area contributed by atoms with Crippen molar-refractivity contribution < 1.29 is 19.2 Å². The molecule has 0 aromatic heterocycles. The first-order chi connectivity index (χ1) is 9.65. The van der Waals surface area contributed by atoms with E-state index in [0.717, 1.165) is 31.4 Å². The second-order valence-corrected chi connectivity index (χ2v) is 5.42. The number of ether oxygens (including phenoxy) is 1. The normalized spacial score (nSPS) is 23.6. The average Bonchev–Trinajstić information content (AvgIpc) is 2.82. The van der Waals surface area contributed by atoms with Gasteiger partial charge < -0.3 is 14.5 Å². The van der Waals surface area contributed by atoms with Crippen LogP contribution in [0.1, 0.15) is 45.4 Å². The molecule has 20 heavy (non-hydrogen) atoms. The summed E-state index contributed by atoms with van der Waals surface area (Å²) in [5.41, 5.74) is 0.907. The van der Waals surface area contributed by atoms with Crippen molar-refractivity contribution in [2.45, 2.75) is 51.6 Å². The highest BCUT2D eigenvalue weighted by atomic mass is 16.7. The maximum Gasteiger partial charge on any atom is 0.325 e. The van der Waals surface area contributed by atoms with E-state index >= 15 is 0 Å². The number of carbonyl (C=O) groups is 2. The van der Waals surface area contributed by atoms with E-state index < -0.39 is 0 Å². The van der Waals surface area contributed by atoms with Gasteiger partial charge in [-0.2, -0.15) is 0 Å². The van der Waals surface area contributed by atoms with Crippen molar-refractivity contribution in [3.8, 4) is 0 Å². The Morgan fingerprint density at radius 2 is 2.20 bits per heavy atom. The third-order valence-electron chi connectivity index (χ3n) is 3.55. The Bertz CT molecular complexity index is 395. The van der Waals surface area contributed by atoms with Crippen LogP contribution in [0.3, 0.4) is 0 Å². The van der Waals surface area contributed by atoms with Gasteiger partial charge in [0.15, 0.2) is 6.10 Å². The van der Waals surface area contributed by atoms with Gasteiger partial charge in [-0.05, 0) is 19.8 Å². The molecule has 2 rings (SSSR count). The molecule has 2 aliphatic rings. The Morgan fingerprint density at radius 3 is 2.95 bits per heavy atom. The van der Waals surface area contributed by atoms with Gasteiger partial charge in [-0.3, -0.25) is 9.59 Å². The van der Waals surface area contributed by atoms with Crippen LogP contribution in [0.5, 0.6) is 0 Å². The molecule has 1 saturated heterocycles. The molecule has 2 heterocycles. The average molecular weight is 282 g/mol. The monoisotopic (exact) mass is 282 g/mol. The van der Waals surface area contributed by atoms with Crippen LogP contribution in [0.15, 0.2) is 5.16 Å². The summed E-state index contributed by atoms with van der Waals surface area (Å²) in [5.74, 6) is -0.315. The van der Waals surface area contributed by atoms with Crippen molar-refractivity contribution in [2.24, 2.45) is 5.16 Å². The number of carbonyl (C=O) groups excluding carboxylic acids is 2. The molecule has 0 aromatic rings. The predicted molar refractivity (Wildman–Crippen MR) is 73.2 cm³/mol. The molecule has 1 fully saturated rings. The lowest BCUT2D eigenvalue weighted by Gasteiger charge is -2.24. The van der Waals surface area contributed by atoms with Crippen molar-refractivity contribution in [1.29, 1.82) is 0 Å². The summed E-state index contributed by atoms with van der Waals surface area (Å²) in [6.07, 6.45) is 5.13. The molecular formula is C14H22N2O4. The SMILES string of the molecule is CC1=NO[C@H](COC(=O)CN2CCCCCCC2=O)C1. The molecular weight excluding hydrogens is 260 g/mol. The van der Waals surface area contributed by atoms with E-state index in [1.54, 1.807) is 4.90 Å². The van der Waals surface area contributed by atoms with E-state index in [2.05, 4.69) is 5.16 Å². The first kappa shape index (κ1) is 14.8. The molecule has 1 amide bonds. The zero-order valence-corrected chi connectivity index (χ0v) is 12.0. The maximum absolute atomic E-state index is 11.9. The number of oxime groups is 1. The Balaban J connectivity index is 1.71. The molecule has 0 saturated carbocycles. The first-order valence-corrected chi connectivity index (χ1v) is 7.28. The minimum absolute atomic E-state index is 0.0470. The Hall–Kier alpha value is -1.59. The largest absolute Gasteiger partial charge is 0.460 e. The van der Waals surface area contributed by atoms with Gasteiger partial charge in [0, 0.05) is 19.4 Å². The quantitative estimate of drug-likeness (QED) is 0.733. The Labute approximate surface area is 119 Å². The molecule has 6 heteroatoms. The lowest BCUT2D eigenvalue weighted by molar-refractivity contribution is -0.152. The van der Waals surface area contributed by atoms with Crippen LogP contribution in [0, 0.1) is 0 Å². The van der Waals surface area contributed by atoms with Crippen LogP contribution >= 0.6 is 0 Å². The zero-order chi connectivity index (χ0) is 14.4. The maximum atomic E-state index is 11.9. The van der Waals surface area contributed by atoms with Gasteiger partial charge in [0.25, 0.3) is 0 Å².